The molecule has 0 radical (unpaired) electrons. The van der Waals surface area contributed by atoms with E-state index in [2.05, 4.69) is 30.6 Å². The molecule has 2 rings (SSSR count). The van der Waals surface area contributed by atoms with Crippen molar-refractivity contribution in [2.45, 2.75) is 4.90 Å². The lowest BCUT2D eigenvalue weighted by Crippen LogP contribution is -2.14. The standard InChI is InChI=1S/C10H9BrN4O2S/c11-7-1-4-10(14-5-7)15-18(16,17)8-2-3-9(12)13-6-8/h1-6H,(H2,12,13)(H,14,15). The first kappa shape index (κ1) is 12.8. The van der Waals surface area contributed by atoms with Gasteiger partial charge in [0.15, 0.2) is 0 Å². The molecular formula is C10H9BrN4O2S. The zero-order valence-electron chi connectivity index (χ0n) is 9.04. The van der Waals surface area contributed by atoms with E-state index >= 15 is 0 Å². The van der Waals surface area contributed by atoms with E-state index in [-0.39, 0.29) is 16.5 Å². The first-order chi connectivity index (χ1) is 8.47. The summed E-state index contributed by atoms with van der Waals surface area (Å²) in [6.45, 7) is 0. The van der Waals surface area contributed by atoms with Crippen molar-refractivity contribution in [2.75, 3.05) is 10.5 Å². The fourth-order valence-corrected chi connectivity index (χ4v) is 2.37. The minimum absolute atomic E-state index is 0.0291. The number of nitrogens with one attached hydrogen (secondary N) is 1. The van der Waals surface area contributed by atoms with E-state index in [4.69, 9.17) is 5.73 Å². The number of anilines is 2. The van der Waals surface area contributed by atoms with Crippen LogP contribution in [0.15, 0.2) is 46.0 Å². The van der Waals surface area contributed by atoms with Crippen LogP contribution in [0, 0.1) is 0 Å². The van der Waals surface area contributed by atoms with Gasteiger partial charge in [0.25, 0.3) is 10.0 Å². The number of nitrogen functional groups attached to an aromatic ring is 1. The molecule has 0 aliphatic rings. The monoisotopic (exact) mass is 328 g/mol. The second kappa shape index (κ2) is 4.91. The summed E-state index contributed by atoms with van der Waals surface area (Å²) in [6.07, 6.45) is 2.69. The van der Waals surface area contributed by atoms with E-state index in [1.165, 1.54) is 24.5 Å². The quantitative estimate of drug-likeness (QED) is 0.892. The number of nitrogens with two attached hydrogens (primary N) is 1. The zero-order chi connectivity index (χ0) is 13.2. The Morgan fingerprint density at radius 3 is 2.44 bits per heavy atom. The van der Waals surface area contributed by atoms with Crippen molar-refractivity contribution >= 4 is 37.6 Å². The fourth-order valence-electron chi connectivity index (χ4n) is 1.18. The van der Waals surface area contributed by atoms with Crippen molar-refractivity contribution in [3.05, 3.63) is 41.1 Å². The number of hydrogen-bond acceptors (Lipinski definition) is 5. The number of rotatable bonds is 3. The van der Waals surface area contributed by atoms with E-state index in [1.54, 1.807) is 12.1 Å². The third kappa shape index (κ3) is 2.96. The van der Waals surface area contributed by atoms with Crippen molar-refractivity contribution in [3.63, 3.8) is 0 Å². The van der Waals surface area contributed by atoms with Crippen molar-refractivity contribution < 1.29 is 8.42 Å². The second-order valence-electron chi connectivity index (χ2n) is 3.39. The first-order valence-corrected chi connectivity index (χ1v) is 7.11. The Bertz CT molecular complexity index is 641. The number of hydrogen-bond donors (Lipinski definition) is 2. The third-order valence-corrected chi connectivity index (χ3v) is 3.84. The summed E-state index contributed by atoms with van der Waals surface area (Å²) in [7, 11) is -3.69. The highest BCUT2D eigenvalue weighted by molar-refractivity contribution is 9.10. The highest BCUT2D eigenvalue weighted by Gasteiger charge is 2.14. The number of nitrogens with zero attached hydrogens (tertiary/aromatic N) is 2. The van der Waals surface area contributed by atoms with Crippen molar-refractivity contribution in [1.29, 1.82) is 0 Å². The maximum atomic E-state index is 12.0. The predicted octanol–water partition coefficient (Wildman–Crippen LogP) is 1.62. The predicted molar refractivity (Wildman–Crippen MR) is 71.4 cm³/mol. The van der Waals surface area contributed by atoms with Crippen molar-refractivity contribution in [3.8, 4) is 0 Å². The number of pyridine rings is 2. The van der Waals surface area contributed by atoms with Crippen LogP contribution in [0.4, 0.5) is 11.6 Å². The van der Waals surface area contributed by atoms with Gasteiger partial charge >= 0.3 is 0 Å². The van der Waals surface area contributed by atoms with Gasteiger partial charge in [-0.25, -0.2) is 18.4 Å². The summed E-state index contributed by atoms with van der Waals surface area (Å²) in [5, 5.41) is 0. The summed E-state index contributed by atoms with van der Waals surface area (Å²) in [6, 6.07) is 6.03. The zero-order valence-corrected chi connectivity index (χ0v) is 11.4. The molecule has 0 saturated carbocycles. The second-order valence-corrected chi connectivity index (χ2v) is 5.98. The topological polar surface area (TPSA) is 98.0 Å². The van der Waals surface area contributed by atoms with Gasteiger partial charge in [0.05, 0.1) is 0 Å². The van der Waals surface area contributed by atoms with Gasteiger partial charge in [-0.05, 0) is 40.2 Å². The molecule has 0 saturated heterocycles. The molecule has 2 aromatic rings. The lowest BCUT2D eigenvalue weighted by atomic mass is 10.5. The molecule has 94 valence electrons. The van der Waals surface area contributed by atoms with E-state index in [1.807, 2.05) is 0 Å². The fraction of sp³-hybridized carbons (Fsp3) is 0. The van der Waals surface area contributed by atoms with Gasteiger partial charge in [-0.15, -0.1) is 0 Å². The average Bonchev–Trinajstić information content (AvgIpc) is 2.32. The molecule has 0 atom stereocenters. The molecule has 6 nitrogen and oxygen atoms in total. The lowest BCUT2D eigenvalue weighted by molar-refractivity contribution is 0.600. The van der Waals surface area contributed by atoms with Crippen LogP contribution in [0.1, 0.15) is 0 Å². The number of aromatic nitrogens is 2. The Morgan fingerprint density at radius 1 is 1.11 bits per heavy atom. The van der Waals surface area contributed by atoms with Crippen LogP contribution >= 0.6 is 15.9 Å². The Labute approximate surface area is 112 Å². The Balaban J connectivity index is 2.27. The van der Waals surface area contributed by atoms with E-state index in [0.717, 1.165) is 4.47 Å². The molecule has 0 unspecified atom stereocenters. The first-order valence-electron chi connectivity index (χ1n) is 4.83. The Kier molecular flexibility index (Phi) is 3.48. The molecule has 0 bridgehead atoms. The molecular weight excluding hydrogens is 320 g/mol. The molecule has 0 spiro atoms. The molecule has 0 aromatic carbocycles. The maximum Gasteiger partial charge on any atom is 0.264 e. The summed E-state index contributed by atoms with van der Waals surface area (Å²) < 4.78 is 27.0. The number of halogens is 1. The van der Waals surface area contributed by atoms with Crippen LogP contribution in [-0.4, -0.2) is 18.4 Å². The molecule has 0 aliphatic carbocycles. The van der Waals surface area contributed by atoms with Gasteiger partial charge in [-0.3, -0.25) is 4.72 Å². The minimum Gasteiger partial charge on any atom is -0.384 e. The average molecular weight is 329 g/mol. The van der Waals surface area contributed by atoms with Crippen LogP contribution in [-0.2, 0) is 10.0 Å². The molecule has 0 fully saturated rings. The van der Waals surface area contributed by atoms with Crippen LogP contribution in [0.3, 0.4) is 0 Å². The van der Waals surface area contributed by atoms with Gasteiger partial charge < -0.3 is 5.73 Å². The Morgan fingerprint density at radius 2 is 1.89 bits per heavy atom. The smallest absolute Gasteiger partial charge is 0.264 e. The SMILES string of the molecule is Nc1ccc(S(=O)(=O)Nc2ccc(Br)cn2)cn1. The van der Waals surface area contributed by atoms with Gasteiger partial charge in [-0.2, -0.15) is 0 Å². The summed E-state index contributed by atoms with van der Waals surface area (Å²) in [5.74, 6) is 0.491. The van der Waals surface area contributed by atoms with Crippen LogP contribution in [0.2, 0.25) is 0 Å². The van der Waals surface area contributed by atoms with Crippen LogP contribution < -0.4 is 10.5 Å². The Hall–Kier alpha value is -1.67. The van der Waals surface area contributed by atoms with E-state index in [0.29, 0.717) is 0 Å². The third-order valence-electron chi connectivity index (χ3n) is 2.04. The molecule has 2 aromatic heterocycles. The van der Waals surface area contributed by atoms with Crippen molar-refractivity contribution in [1.82, 2.24) is 9.97 Å². The minimum atomic E-state index is -3.69. The molecule has 2 heterocycles. The van der Waals surface area contributed by atoms with Gasteiger partial charge in [0, 0.05) is 16.9 Å². The van der Waals surface area contributed by atoms with Crippen LogP contribution in [0.25, 0.3) is 0 Å². The molecule has 8 heteroatoms. The summed E-state index contributed by atoms with van der Waals surface area (Å²) >= 11 is 3.21. The van der Waals surface area contributed by atoms with Gasteiger partial charge in [0.2, 0.25) is 0 Å². The summed E-state index contributed by atoms with van der Waals surface area (Å²) in [4.78, 5) is 7.69. The van der Waals surface area contributed by atoms with Crippen molar-refractivity contribution in [2.24, 2.45) is 0 Å². The van der Waals surface area contributed by atoms with Crippen LogP contribution in [0.5, 0.6) is 0 Å². The molecule has 18 heavy (non-hydrogen) atoms. The molecule has 0 aliphatic heterocycles. The maximum absolute atomic E-state index is 12.0. The van der Waals surface area contributed by atoms with Gasteiger partial charge in [0.1, 0.15) is 16.5 Å². The molecule has 3 N–H and O–H groups in total. The molecule has 0 amide bonds. The normalized spacial score (nSPS) is 11.2. The largest absolute Gasteiger partial charge is 0.384 e. The summed E-state index contributed by atoms with van der Waals surface area (Å²) in [5.41, 5.74) is 5.40. The number of sulfonamides is 1. The van der Waals surface area contributed by atoms with E-state index in [9.17, 15) is 8.42 Å². The van der Waals surface area contributed by atoms with E-state index < -0.39 is 10.0 Å². The highest BCUT2D eigenvalue weighted by atomic mass is 79.9. The van der Waals surface area contributed by atoms with Gasteiger partial charge in [-0.1, -0.05) is 0 Å². The highest BCUT2D eigenvalue weighted by Crippen LogP contribution is 2.16. The lowest BCUT2D eigenvalue weighted by Gasteiger charge is -2.06.